The number of aromatic nitrogens is 3. The number of benzene rings is 2. The lowest BCUT2D eigenvalue weighted by atomic mass is 10.0. The number of carbonyl (C=O) groups excluding carboxylic acids is 1. The third kappa shape index (κ3) is 3.92. The smallest absolute Gasteiger partial charge is 0.235 e. The second-order valence-electron chi connectivity index (χ2n) is 9.12. The number of aryl methyl sites for hydroxylation is 1. The molecule has 9 nitrogen and oxygen atoms in total. The van der Waals surface area contributed by atoms with Crippen LogP contribution in [0.4, 0.5) is 0 Å². The fourth-order valence-corrected chi connectivity index (χ4v) is 4.94. The number of carbonyl (C=O) groups is 1. The van der Waals surface area contributed by atoms with Crippen molar-refractivity contribution < 1.29 is 24.5 Å². The van der Waals surface area contributed by atoms with E-state index in [1.165, 1.54) is 6.07 Å². The molecule has 184 valence electrons. The van der Waals surface area contributed by atoms with Crippen LogP contribution in [0.2, 0.25) is 0 Å². The van der Waals surface area contributed by atoms with Gasteiger partial charge in [0.15, 0.2) is 5.76 Å². The molecule has 1 fully saturated rings. The third-order valence-corrected chi connectivity index (χ3v) is 6.76. The molecule has 2 aromatic heterocycles. The largest absolute Gasteiger partial charge is 0.508 e. The SMILES string of the molecule is Cn1cc(/C=C2\Oc3cc(O)cc(O)c3C2=O)c2c(-c3cnn(CCN4CCOCC4)c3)cccc21. The second-order valence-corrected chi connectivity index (χ2v) is 9.12. The maximum Gasteiger partial charge on any atom is 0.235 e. The topological polar surface area (TPSA) is 102 Å². The summed E-state index contributed by atoms with van der Waals surface area (Å²) in [7, 11) is 1.95. The summed E-state index contributed by atoms with van der Waals surface area (Å²) in [6.07, 6.45) is 7.55. The molecule has 0 atom stereocenters. The van der Waals surface area contributed by atoms with Crippen LogP contribution in [0, 0.1) is 0 Å². The molecule has 0 spiro atoms. The predicted molar refractivity (Wildman–Crippen MR) is 134 cm³/mol. The summed E-state index contributed by atoms with van der Waals surface area (Å²) >= 11 is 0. The van der Waals surface area contributed by atoms with Crippen LogP contribution in [-0.2, 0) is 18.3 Å². The molecule has 0 saturated carbocycles. The van der Waals surface area contributed by atoms with Crippen LogP contribution in [0.15, 0.2) is 54.7 Å². The van der Waals surface area contributed by atoms with E-state index < -0.39 is 5.78 Å². The van der Waals surface area contributed by atoms with Crippen LogP contribution in [0.3, 0.4) is 0 Å². The van der Waals surface area contributed by atoms with Crippen molar-refractivity contribution in [1.29, 1.82) is 0 Å². The number of aromatic hydroxyl groups is 2. The normalized spacial score (nSPS) is 17.1. The van der Waals surface area contributed by atoms with E-state index in [1.807, 2.05) is 53.1 Å². The molecule has 1 saturated heterocycles. The third-order valence-electron chi connectivity index (χ3n) is 6.76. The molecular formula is C27H26N4O5. The lowest BCUT2D eigenvalue weighted by Gasteiger charge is -2.26. The molecule has 4 aromatic rings. The molecule has 0 unspecified atom stereocenters. The summed E-state index contributed by atoms with van der Waals surface area (Å²) in [5.74, 6) is -0.659. The van der Waals surface area contributed by atoms with Gasteiger partial charge in [0.2, 0.25) is 5.78 Å². The fourth-order valence-electron chi connectivity index (χ4n) is 4.94. The Balaban J connectivity index is 1.34. The number of morpholine rings is 1. The van der Waals surface area contributed by atoms with E-state index in [0.717, 1.165) is 73.1 Å². The highest BCUT2D eigenvalue weighted by molar-refractivity contribution is 6.17. The van der Waals surface area contributed by atoms with Gasteiger partial charge in [-0.2, -0.15) is 5.10 Å². The summed E-state index contributed by atoms with van der Waals surface area (Å²) < 4.78 is 15.1. The van der Waals surface area contributed by atoms with Gasteiger partial charge in [0, 0.05) is 73.2 Å². The van der Waals surface area contributed by atoms with Crippen molar-refractivity contribution in [2.75, 3.05) is 32.8 Å². The van der Waals surface area contributed by atoms with E-state index in [9.17, 15) is 15.0 Å². The van der Waals surface area contributed by atoms with E-state index >= 15 is 0 Å². The monoisotopic (exact) mass is 486 g/mol. The number of phenolic OH excluding ortho intramolecular Hbond substituents is 2. The van der Waals surface area contributed by atoms with Crippen LogP contribution in [0.5, 0.6) is 17.2 Å². The molecule has 0 amide bonds. The van der Waals surface area contributed by atoms with Crippen molar-refractivity contribution in [2.45, 2.75) is 6.54 Å². The summed E-state index contributed by atoms with van der Waals surface area (Å²) in [5.41, 5.74) is 3.85. The zero-order valence-electron chi connectivity index (χ0n) is 19.8. The zero-order chi connectivity index (χ0) is 24.8. The van der Waals surface area contributed by atoms with Gasteiger partial charge in [-0.3, -0.25) is 14.4 Å². The van der Waals surface area contributed by atoms with Crippen LogP contribution in [0.25, 0.3) is 28.1 Å². The Morgan fingerprint density at radius 3 is 2.78 bits per heavy atom. The van der Waals surface area contributed by atoms with Gasteiger partial charge in [0.25, 0.3) is 0 Å². The Kier molecular flexibility index (Phi) is 5.50. The van der Waals surface area contributed by atoms with Crippen LogP contribution >= 0.6 is 0 Å². The summed E-state index contributed by atoms with van der Waals surface area (Å²) in [4.78, 5) is 15.3. The van der Waals surface area contributed by atoms with Crippen LogP contribution in [-0.4, -0.2) is 68.1 Å². The number of allylic oxidation sites excluding steroid dienone is 1. The Hall–Kier alpha value is -4.08. The lowest BCUT2D eigenvalue weighted by Crippen LogP contribution is -2.38. The molecule has 2 aromatic carbocycles. The Morgan fingerprint density at radius 2 is 1.94 bits per heavy atom. The maximum atomic E-state index is 13.0. The molecule has 2 aliphatic heterocycles. The van der Waals surface area contributed by atoms with Gasteiger partial charge in [-0.25, -0.2) is 0 Å². The van der Waals surface area contributed by atoms with Crippen LogP contribution < -0.4 is 4.74 Å². The first kappa shape index (κ1) is 22.4. The van der Waals surface area contributed by atoms with E-state index in [0.29, 0.717) is 0 Å². The van der Waals surface area contributed by atoms with E-state index in [1.54, 1.807) is 6.08 Å². The predicted octanol–water partition coefficient (Wildman–Crippen LogP) is 3.40. The number of Topliss-reactive ketones (excluding diaryl/α,β-unsaturated/α-hetero) is 1. The minimum absolute atomic E-state index is 0.0565. The Labute approximate surface area is 207 Å². The van der Waals surface area contributed by atoms with Gasteiger partial charge in [-0.1, -0.05) is 12.1 Å². The highest BCUT2D eigenvalue weighted by Gasteiger charge is 2.31. The number of hydrogen-bond donors (Lipinski definition) is 2. The van der Waals surface area contributed by atoms with E-state index in [4.69, 9.17) is 9.47 Å². The van der Waals surface area contributed by atoms with Gasteiger partial charge in [0.05, 0.1) is 26.0 Å². The van der Waals surface area contributed by atoms with Crippen molar-refractivity contribution in [1.82, 2.24) is 19.2 Å². The average molecular weight is 487 g/mol. The van der Waals surface area contributed by atoms with Gasteiger partial charge in [0.1, 0.15) is 22.8 Å². The molecule has 0 aliphatic carbocycles. The minimum atomic E-state index is -0.423. The molecule has 2 aliphatic rings. The minimum Gasteiger partial charge on any atom is -0.508 e. The molecule has 36 heavy (non-hydrogen) atoms. The highest BCUT2D eigenvalue weighted by Crippen LogP contribution is 2.41. The maximum absolute atomic E-state index is 13.0. The number of rotatable bonds is 5. The molecular weight excluding hydrogens is 460 g/mol. The Bertz CT molecular complexity index is 1510. The van der Waals surface area contributed by atoms with Crippen molar-refractivity contribution in [3.8, 4) is 28.4 Å². The molecule has 2 N–H and O–H groups in total. The highest BCUT2D eigenvalue weighted by atomic mass is 16.5. The van der Waals surface area contributed by atoms with Gasteiger partial charge in [-0.15, -0.1) is 0 Å². The van der Waals surface area contributed by atoms with E-state index in [-0.39, 0.29) is 28.6 Å². The zero-order valence-corrected chi connectivity index (χ0v) is 19.8. The molecule has 0 bridgehead atoms. The van der Waals surface area contributed by atoms with Crippen molar-refractivity contribution in [3.63, 3.8) is 0 Å². The average Bonchev–Trinajstić information content (AvgIpc) is 3.55. The molecule has 0 radical (unpaired) electrons. The second kappa shape index (κ2) is 8.85. The molecule has 6 rings (SSSR count). The quantitative estimate of drug-likeness (QED) is 0.417. The number of hydrogen-bond acceptors (Lipinski definition) is 7. The fraction of sp³-hybridized carbons (Fsp3) is 0.259. The molecule has 9 heteroatoms. The Morgan fingerprint density at radius 1 is 1.11 bits per heavy atom. The van der Waals surface area contributed by atoms with Crippen molar-refractivity contribution in [2.24, 2.45) is 7.05 Å². The van der Waals surface area contributed by atoms with E-state index in [2.05, 4.69) is 10.00 Å². The van der Waals surface area contributed by atoms with Crippen molar-refractivity contribution in [3.05, 3.63) is 65.8 Å². The number of fused-ring (bicyclic) bond motifs is 2. The van der Waals surface area contributed by atoms with Gasteiger partial charge in [-0.05, 0) is 17.7 Å². The van der Waals surface area contributed by atoms with Gasteiger partial charge >= 0.3 is 0 Å². The van der Waals surface area contributed by atoms with Crippen LogP contribution in [0.1, 0.15) is 15.9 Å². The number of phenols is 2. The number of nitrogens with zero attached hydrogens (tertiary/aromatic N) is 4. The number of ketones is 1. The first-order chi connectivity index (χ1) is 17.5. The first-order valence-electron chi connectivity index (χ1n) is 11.9. The van der Waals surface area contributed by atoms with Crippen molar-refractivity contribution >= 4 is 22.8 Å². The summed E-state index contributed by atoms with van der Waals surface area (Å²) in [6.45, 7) is 5.14. The summed E-state index contributed by atoms with van der Waals surface area (Å²) in [6, 6.07) is 8.54. The first-order valence-corrected chi connectivity index (χ1v) is 11.9. The lowest BCUT2D eigenvalue weighted by molar-refractivity contribution is 0.0360. The standard InChI is InChI=1S/C27H26N4O5/c1-29-15-17(11-24-27(34)26-22(33)12-19(32)13-23(26)36-24)25-20(3-2-4-21(25)29)18-14-28-31(16-18)6-5-30-7-9-35-10-8-30/h2-4,11-16,32-33H,5-10H2,1H3/b24-11-. The summed E-state index contributed by atoms with van der Waals surface area (Å²) in [5, 5.41) is 25.5. The van der Waals surface area contributed by atoms with Gasteiger partial charge < -0.3 is 24.3 Å². The number of ether oxygens (including phenoxy) is 2. The molecule has 4 heterocycles.